The second-order valence-corrected chi connectivity index (χ2v) is 6.88. The molecule has 7 nitrogen and oxygen atoms in total. The van der Waals surface area contributed by atoms with Crippen molar-refractivity contribution >= 4 is 5.91 Å². The third kappa shape index (κ3) is 3.08. The molecule has 0 N–H and O–H groups in total. The van der Waals surface area contributed by atoms with E-state index in [0.717, 1.165) is 16.7 Å². The van der Waals surface area contributed by atoms with E-state index in [2.05, 4.69) is 10.2 Å². The van der Waals surface area contributed by atoms with Crippen LogP contribution in [0.25, 0.3) is 11.5 Å². The van der Waals surface area contributed by atoms with Gasteiger partial charge in [0.1, 0.15) is 6.04 Å². The Morgan fingerprint density at radius 2 is 1.86 bits per heavy atom. The van der Waals surface area contributed by atoms with E-state index < -0.39 is 6.04 Å². The molecule has 0 bridgehead atoms. The fraction of sp³-hybridized carbons (Fsp3) is 0.286. The van der Waals surface area contributed by atoms with E-state index in [-0.39, 0.29) is 5.91 Å². The Balaban J connectivity index is 1.42. The van der Waals surface area contributed by atoms with Gasteiger partial charge in [0.15, 0.2) is 0 Å². The van der Waals surface area contributed by atoms with Gasteiger partial charge in [0.25, 0.3) is 5.91 Å². The Morgan fingerprint density at radius 1 is 1.00 bits per heavy atom. The van der Waals surface area contributed by atoms with Gasteiger partial charge in [-0.25, -0.2) is 0 Å². The average molecular weight is 377 g/mol. The van der Waals surface area contributed by atoms with Gasteiger partial charge >= 0.3 is 0 Å². The Morgan fingerprint density at radius 3 is 2.75 bits per heavy atom. The summed E-state index contributed by atoms with van der Waals surface area (Å²) in [5.74, 6) is 0.752. The second-order valence-electron chi connectivity index (χ2n) is 6.88. The number of fused-ring (bicyclic) bond motifs is 1. The molecule has 1 fully saturated rings. The molecule has 28 heavy (non-hydrogen) atoms. The highest BCUT2D eigenvalue weighted by molar-refractivity contribution is 5.94. The van der Waals surface area contributed by atoms with Crippen molar-refractivity contribution in [2.24, 2.45) is 0 Å². The molecule has 1 saturated heterocycles. The maximum absolute atomic E-state index is 13.2. The number of nitrogens with zero attached hydrogens (tertiary/aromatic N) is 3. The summed E-state index contributed by atoms with van der Waals surface area (Å²) in [4.78, 5) is 15.0. The van der Waals surface area contributed by atoms with Crippen LogP contribution in [0.5, 0.6) is 0 Å². The summed E-state index contributed by atoms with van der Waals surface area (Å²) in [5.41, 5.74) is 3.69. The van der Waals surface area contributed by atoms with Gasteiger partial charge in [0.05, 0.1) is 26.4 Å². The molecule has 2 aliphatic heterocycles. The summed E-state index contributed by atoms with van der Waals surface area (Å²) in [6, 6.07) is 14.9. The summed E-state index contributed by atoms with van der Waals surface area (Å²) >= 11 is 0. The quantitative estimate of drug-likeness (QED) is 0.698. The van der Waals surface area contributed by atoms with Crippen molar-refractivity contribution < 1.29 is 18.7 Å². The molecule has 1 unspecified atom stereocenters. The largest absolute Gasteiger partial charge is 0.418 e. The van der Waals surface area contributed by atoms with Crippen LogP contribution in [0.3, 0.4) is 0 Å². The molecule has 1 atom stereocenters. The van der Waals surface area contributed by atoms with E-state index in [1.807, 2.05) is 48.5 Å². The third-order valence-electron chi connectivity index (χ3n) is 5.10. The number of aromatic nitrogens is 2. The predicted molar refractivity (Wildman–Crippen MR) is 99.3 cm³/mol. The van der Waals surface area contributed by atoms with Crippen molar-refractivity contribution in [1.29, 1.82) is 0 Å². The van der Waals surface area contributed by atoms with Crippen LogP contribution in [0.15, 0.2) is 52.9 Å². The van der Waals surface area contributed by atoms with Gasteiger partial charge in [0, 0.05) is 17.7 Å². The number of carbonyl (C=O) groups is 1. The molecule has 2 aliphatic rings. The molecule has 142 valence electrons. The van der Waals surface area contributed by atoms with Gasteiger partial charge in [-0.1, -0.05) is 24.3 Å². The molecule has 3 heterocycles. The van der Waals surface area contributed by atoms with Crippen LogP contribution in [0, 0.1) is 0 Å². The predicted octanol–water partition coefficient (Wildman–Crippen LogP) is 2.98. The monoisotopic (exact) mass is 377 g/mol. The smallest absolute Gasteiger partial charge is 0.254 e. The molecule has 1 aromatic heterocycles. The maximum Gasteiger partial charge on any atom is 0.254 e. The van der Waals surface area contributed by atoms with E-state index in [1.54, 1.807) is 4.90 Å². The van der Waals surface area contributed by atoms with E-state index in [4.69, 9.17) is 13.9 Å². The van der Waals surface area contributed by atoms with Crippen LogP contribution in [0.1, 0.15) is 33.4 Å². The molecular weight excluding hydrogens is 358 g/mol. The van der Waals surface area contributed by atoms with Crippen molar-refractivity contribution in [3.8, 4) is 11.5 Å². The number of hydrogen-bond donors (Lipinski definition) is 0. The minimum atomic E-state index is -0.407. The number of benzene rings is 2. The molecular formula is C21H19N3O4. The van der Waals surface area contributed by atoms with E-state index >= 15 is 0 Å². The fourth-order valence-electron chi connectivity index (χ4n) is 3.59. The molecule has 0 saturated carbocycles. The highest BCUT2D eigenvalue weighted by Crippen LogP contribution is 2.29. The molecule has 0 radical (unpaired) electrons. The zero-order valence-corrected chi connectivity index (χ0v) is 15.2. The van der Waals surface area contributed by atoms with Gasteiger partial charge in [-0.3, -0.25) is 4.79 Å². The lowest BCUT2D eigenvalue weighted by Crippen LogP contribution is -2.43. The SMILES string of the molecule is O=C(c1ccc2c(c1)COC2)N1CCOCC1c1nnc(-c2ccccc2)o1. The minimum Gasteiger partial charge on any atom is -0.418 e. The van der Waals surface area contributed by atoms with E-state index in [9.17, 15) is 4.79 Å². The lowest BCUT2D eigenvalue weighted by atomic mass is 10.0. The van der Waals surface area contributed by atoms with E-state index in [1.165, 1.54) is 0 Å². The fourth-order valence-corrected chi connectivity index (χ4v) is 3.59. The van der Waals surface area contributed by atoms with Gasteiger partial charge in [0.2, 0.25) is 11.8 Å². The van der Waals surface area contributed by atoms with Crippen LogP contribution in [0.4, 0.5) is 0 Å². The summed E-state index contributed by atoms with van der Waals surface area (Å²) in [6.07, 6.45) is 0. The summed E-state index contributed by atoms with van der Waals surface area (Å²) < 4.78 is 16.9. The number of ether oxygens (including phenoxy) is 2. The third-order valence-corrected chi connectivity index (χ3v) is 5.10. The first-order valence-electron chi connectivity index (χ1n) is 9.27. The Labute approximate surface area is 161 Å². The van der Waals surface area contributed by atoms with Crippen LogP contribution >= 0.6 is 0 Å². The van der Waals surface area contributed by atoms with Crippen LogP contribution in [-0.4, -0.2) is 40.8 Å². The van der Waals surface area contributed by atoms with Gasteiger partial charge in [-0.05, 0) is 35.4 Å². The first-order chi connectivity index (χ1) is 13.8. The minimum absolute atomic E-state index is 0.0672. The summed E-state index contributed by atoms with van der Waals surface area (Å²) in [5, 5.41) is 8.34. The number of amides is 1. The zero-order valence-electron chi connectivity index (χ0n) is 15.2. The number of carbonyl (C=O) groups excluding carboxylic acids is 1. The second kappa shape index (κ2) is 7.18. The molecule has 3 aromatic rings. The average Bonchev–Trinajstić information content (AvgIpc) is 3.43. The number of rotatable bonds is 3. The molecule has 1 amide bonds. The van der Waals surface area contributed by atoms with Gasteiger partial charge in [-0.15, -0.1) is 10.2 Å². The Hall–Kier alpha value is -3.03. The first-order valence-corrected chi connectivity index (χ1v) is 9.27. The van der Waals surface area contributed by atoms with E-state index in [0.29, 0.717) is 50.3 Å². The molecule has 7 heteroatoms. The van der Waals surface area contributed by atoms with Crippen molar-refractivity contribution in [2.45, 2.75) is 19.3 Å². The molecule has 0 aliphatic carbocycles. The van der Waals surface area contributed by atoms with Crippen molar-refractivity contribution in [2.75, 3.05) is 19.8 Å². The van der Waals surface area contributed by atoms with Gasteiger partial charge in [-0.2, -0.15) is 0 Å². The van der Waals surface area contributed by atoms with Gasteiger partial charge < -0.3 is 18.8 Å². The van der Waals surface area contributed by atoms with Crippen molar-refractivity contribution in [1.82, 2.24) is 15.1 Å². The highest BCUT2D eigenvalue weighted by atomic mass is 16.5. The Kier molecular flexibility index (Phi) is 4.38. The zero-order chi connectivity index (χ0) is 18.9. The lowest BCUT2D eigenvalue weighted by molar-refractivity contribution is -0.0103. The normalized spacial score (nSPS) is 18.9. The topological polar surface area (TPSA) is 77.7 Å². The Bertz CT molecular complexity index is 1000. The standard InChI is InChI=1S/C21H19N3O4/c25-21(15-6-7-16-11-27-12-17(16)10-15)24-8-9-26-13-18(24)20-23-22-19(28-20)14-4-2-1-3-5-14/h1-7,10,18H,8-9,11-13H2. The summed E-state index contributed by atoms with van der Waals surface area (Å²) in [6.45, 7) is 2.44. The molecule has 2 aromatic carbocycles. The maximum atomic E-state index is 13.2. The van der Waals surface area contributed by atoms with Crippen LogP contribution in [0.2, 0.25) is 0 Å². The van der Waals surface area contributed by atoms with Crippen molar-refractivity contribution in [3.63, 3.8) is 0 Å². The first kappa shape index (κ1) is 17.1. The lowest BCUT2D eigenvalue weighted by Gasteiger charge is -2.33. The highest BCUT2D eigenvalue weighted by Gasteiger charge is 2.33. The number of hydrogen-bond acceptors (Lipinski definition) is 6. The molecule has 5 rings (SSSR count). The summed E-state index contributed by atoms with van der Waals surface area (Å²) in [7, 11) is 0. The van der Waals surface area contributed by atoms with Crippen LogP contribution in [-0.2, 0) is 22.7 Å². The number of morpholine rings is 1. The van der Waals surface area contributed by atoms with Crippen molar-refractivity contribution in [3.05, 3.63) is 71.1 Å². The van der Waals surface area contributed by atoms with Crippen LogP contribution < -0.4 is 0 Å². The molecule has 0 spiro atoms.